The Hall–Kier alpha value is -1.94. The van der Waals surface area contributed by atoms with Gasteiger partial charge < -0.3 is 33.8 Å². The molecule has 0 aromatic rings. The quantitative estimate of drug-likeness (QED) is 0.0222. The molecule has 0 saturated carbocycles. The van der Waals surface area contributed by atoms with E-state index >= 15 is 0 Å². The number of aliphatic hydroxyl groups excluding tert-OH is 1. The van der Waals surface area contributed by atoms with Gasteiger partial charge in [-0.1, -0.05) is 349 Å². The van der Waals surface area contributed by atoms with Gasteiger partial charge in [0.15, 0.2) is 12.2 Å². The van der Waals surface area contributed by atoms with Crippen molar-refractivity contribution >= 4 is 39.5 Å². The molecule has 0 amide bonds. The molecule has 0 rings (SSSR count). The van der Waals surface area contributed by atoms with Crippen LogP contribution in [0.5, 0.6) is 0 Å². The molecular formula is C76H148O17P2. The largest absolute Gasteiger partial charge is 0.472 e. The van der Waals surface area contributed by atoms with Crippen LogP contribution in [-0.2, 0) is 65.4 Å². The van der Waals surface area contributed by atoms with E-state index in [1.54, 1.807) is 0 Å². The van der Waals surface area contributed by atoms with Gasteiger partial charge in [-0.2, -0.15) is 0 Å². The number of carbonyl (C=O) groups is 4. The van der Waals surface area contributed by atoms with E-state index in [9.17, 15) is 43.2 Å². The molecular weight excluding hydrogens is 1250 g/mol. The van der Waals surface area contributed by atoms with Crippen LogP contribution < -0.4 is 0 Å². The predicted molar refractivity (Wildman–Crippen MR) is 386 cm³/mol. The lowest BCUT2D eigenvalue weighted by atomic mass is 10.0. The van der Waals surface area contributed by atoms with Gasteiger partial charge in [-0.05, 0) is 31.6 Å². The maximum atomic E-state index is 13.1. The first-order valence-electron chi connectivity index (χ1n) is 39.6. The molecule has 19 heteroatoms. The van der Waals surface area contributed by atoms with E-state index < -0.39 is 97.5 Å². The minimum absolute atomic E-state index is 0.102. The minimum Gasteiger partial charge on any atom is -0.462 e. The molecule has 2 unspecified atom stereocenters. The molecule has 0 radical (unpaired) electrons. The molecule has 0 fully saturated rings. The molecule has 0 aromatic carbocycles. The average Bonchev–Trinajstić information content (AvgIpc) is 1.78. The molecule has 0 saturated heterocycles. The van der Waals surface area contributed by atoms with Crippen LogP contribution in [0.15, 0.2) is 0 Å². The first-order valence-corrected chi connectivity index (χ1v) is 42.6. The Kier molecular flexibility index (Phi) is 67.7. The third-order valence-corrected chi connectivity index (χ3v) is 19.7. The van der Waals surface area contributed by atoms with Crippen LogP contribution in [0.1, 0.15) is 401 Å². The maximum Gasteiger partial charge on any atom is 0.472 e. The highest BCUT2D eigenvalue weighted by Gasteiger charge is 2.30. The Morgan fingerprint density at radius 1 is 0.284 bits per heavy atom. The number of phosphoric acid groups is 2. The SMILES string of the molecule is CCCCCCCCCCCCCCCCCCCCCCC(=O)O[C@H](COC(=O)CCCCCCCCCCCCCCCCCCCCC)COP(=O)(O)OC[C@@H](O)COP(=O)(O)OC[C@@H](COC(=O)CCCCCCCCC)OC(=O)CCCCCCCCC(C)C. The van der Waals surface area contributed by atoms with E-state index in [1.807, 2.05) is 0 Å². The van der Waals surface area contributed by atoms with Gasteiger partial charge in [0.05, 0.1) is 26.4 Å². The number of phosphoric ester groups is 2. The number of unbranched alkanes of at least 4 members (excludes halogenated alkanes) is 48. The van der Waals surface area contributed by atoms with Crippen molar-refractivity contribution in [2.75, 3.05) is 39.6 Å². The highest BCUT2D eigenvalue weighted by molar-refractivity contribution is 7.47. The highest BCUT2D eigenvalue weighted by Crippen LogP contribution is 2.45. The summed E-state index contributed by atoms with van der Waals surface area (Å²) in [6.45, 7) is 7.15. The van der Waals surface area contributed by atoms with Crippen molar-refractivity contribution in [1.82, 2.24) is 0 Å². The highest BCUT2D eigenvalue weighted by atomic mass is 31.2. The summed E-state index contributed by atoms with van der Waals surface area (Å²) < 4.78 is 68.3. The Bertz CT molecular complexity index is 1820. The van der Waals surface area contributed by atoms with Crippen LogP contribution in [0.25, 0.3) is 0 Å². The number of aliphatic hydroxyl groups is 1. The van der Waals surface area contributed by atoms with Gasteiger partial charge in [-0.25, -0.2) is 9.13 Å². The zero-order chi connectivity index (χ0) is 69.8. The third kappa shape index (κ3) is 70.3. The fourth-order valence-corrected chi connectivity index (χ4v) is 13.3. The van der Waals surface area contributed by atoms with E-state index in [1.165, 1.54) is 212 Å². The second kappa shape index (κ2) is 69.2. The maximum absolute atomic E-state index is 13.1. The molecule has 95 heavy (non-hydrogen) atoms. The molecule has 0 aliphatic rings. The molecule has 0 aliphatic heterocycles. The van der Waals surface area contributed by atoms with E-state index in [0.717, 1.165) is 103 Å². The summed E-state index contributed by atoms with van der Waals surface area (Å²) in [6.07, 6.45) is 58.9. The molecule has 0 bridgehead atoms. The van der Waals surface area contributed by atoms with Gasteiger partial charge in [0, 0.05) is 25.7 Å². The van der Waals surface area contributed by atoms with Crippen molar-refractivity contribution in [2.24, 2.45) is 5.92 Å². The Balaban J connectivity index is 5.14. The molecule has 0 aromatic heterocycles. The van der Waals surface area contributed by atoms with E-state index in [0.29, 0.717) is 31.6 Å². The summed E-state index contributed by atoms with van der Waals surface area (Å²) >= 11 is 0. The van der Waals surface area contributed by atoms with Crippen molar-refractivity contribution in [3.8, 4) is 0 Å². The summed E-state index contributed by atoms with van der Waals surface area (Å²) in [7, 11) is -9.90. The summed E-state index contributed by atoms with van der Waals surface area (Å²) in [5, 5.41) is 10.6. The zero-order valence-electron chi connectivity index (χ0n) is 61.8. The predicted octanol–water partition coefficient (Wildman–Crippen LogP) is 22.5. The number of hydrogen-bond donors (Lipinski definition) is 3. The summed E-state index contributed by atoms with van der Waals surface area (Å²) in [5.41, 5.74) is 0. The van der Waals surface area contributed by atoms with Crippen LogP contribution in [0.2, 0.25) is 0 Å². The normalized spacial score (nSPS) is 13.9. The fourth-order valence-electron chi connectivity index (χ4n) is 11.7. The minimum atomic E-state index is -4.96. The molecule has 564 valence electrons. The number of rotatable bonds is 76. The summed E-state index contributed by atoms with van der Waals surface area (Å²) in [6, 6.07) is 0. The molecule has 5 atom stereocenters. The van der Waals surface area contributed by atoms with Gasteiger partial charge in [0.2, 0.25) is 0 Å². The van der Waals surface area contributed by atoms with E-state index in [2.05, 4.69) is 34.6 Å². The van der Waals surface area contributed by atoms with Crippen molar-refractivity contribution in [3.63, 3.8) is 0 Å². The smallest absolute Gasteiger partial charge is 0.462 e. The lowest BCUT2D eigenvalue weighted by molar-refractivity contribution is -0.161. The van der Waals surface area contributed by atoms with Crippen molar-refractivity contribution in [3.05, 3.63) is 0 Å². The first-order chi connectivity index (χ1) is 46.0. The van der Waals surface area contributed by atoms with Gasteiger partial charge >= 0.3 is 39.5 Å². The summed E-state index contributed by atoms with van der Waals surface area (Å²) in [5.74, 6) is -1.46. The topological polar surface area (TPSA) is 237 Å². The van der Waals surface area contributed by atoms with Gasteiger partial charge in [0.25, 0.3) is 0 Å². The molecule has 0 aliphatic carbocycles. The van der Waals surface area contributed by atoms with Crippen LogP contribution in [0.3, 0.4) is 0 Å². The zero-order valence-corrected chi connectivity index (χ0v) is 63.6. The van der Waals surface area contributed by atoms with Gasteiger partial charge in [0.1, 0.15) is 19.3 Å². The van der Waals surface area contributed by atoms with Crippen LogP contribution in [-0.4, -0.2) is 96.7 Å². The van der Waals surface area contributed by atoms with Crippen LogP contribution in [0, 0.1) is 5.92 Å². The van der Waals surface area contributed by atoms with E-state index in [-0.39, 0.29) is 25.7 Å². The van der Waals surface area contributed by atoms with Gasteiger partial charge in [-0.15, -0.1) is 0 Å². The Morgan fingerprint density at radius 2 is 0.484 bits per heavy atom. The molecule has 0 heterocycles. The fraction of sp³-hybridized carbons (Fsp3) is 0.947. The van der Waals surface area contributed by atoms with Crippen LogP contribution >= 0.6 is 15.6 Å². The number of ether oxygens (including phenoxy) is 4. The van der Waals surface area contributed by atoms with Gasteiger partial charge in [-0.3, -0.25) is 37.3 Å². The number of carbonyl (C=O) groups excluding carboxylic acids is 4. The Morgan fingerprint density at radius 3 is 0.716 bits per heavy atom. The summed E-state index contributed by atoms with van der Waals surface area (Å²) in [4.78, 5) is 72.6. The lowest BCUT2D eigenvalue weighted by Gasteiger charge is -2.21. The van der Waals surface area contributed by atoms with Crippen molar-refractivity contribution in [1.29, 1.82) is 0 Å². The lowest BCUT2D eigenvalue weighted by Crippen LogP contribution is -2.30. The monoisotopic (exact) mass is 1400 g/mol. The number of hydrogen-bond acceptors (Lipinski definition) is 15. The molecule has 17 nitrogen and oxygen atoms in total. The average molecular weight is 1400 g/mol. The first kappa shape index (κ1) is 93.1. The Labute approximate surface area is 581 Å². The standard InChI is InChI=1S/C76H148O17P2/c1-6-9-12-15-18-20-22-24-26-28-30-32-34-36-38-40-42-45-51-56-61-75(80)92-71(66-87-74(79)60-55-50-44-41-39-37-35-33-31-29-27-25-23-21-19-16-13-10-7-2)67-90-94(82,83)88-63-70(77)64-89-95(84,85)91-68-72(65-86-73(78)59-54-49-43-17-14-11-8-3)93-76(81)62-57-52-47-46-48-53-58-69(4)5/h69-72,77H,6-68H2,1-5H3,(H,82,83)(H,84,85)/t70-,71-,72-/m1/s1. The second-order valence-corrected chi connectivity index (χ2v) is 30.8. The molecule has 3 N–H and O–H groups in total. The number of esters is 4. The third-order valence-electron chi connectivity index (χ3n) is 17.8. The molecule has 0 spiro atoms. The van der Waals surface area contributed by atoms with Crippen molar-refractivity contribution in [2.45, 2.75) is 419 Å². The van der Waals surface area contributed by atoms with Crippen LogP contribution in [0.4, 0.5) is 0 Å². The van der Waals surface area contributed by atoms with Crippen molar-refractivity contribution < 1.29 is 80.2 Å². The second-order valence-electron chi connectivity index (χ2n) is 27.9. The van der Waals surface area contributed by atoms with E-state index in [4.69, 9.17) is 37.0 Å².